The first-order valence-electron chi connectivity index (χ1n) is 5.91. The largest absolute Gasteiger partial charge is 0.271 e. The monoisotopic (exact) mass is 332 g/mol. The van der Waals surface area contributed by atoms with Crippen molar-refractivity contribution in [2.45, 2.75) is 39.2 Å². The van der Waals surface area contributed by atoms with Crippen LogP contribution in [0.3, 0.4) is 0 Å². The first-order chi connectivity index (χ1) is 7.71. The molecule has 0 bridgehead atoms. The van der Waals surface area contributed by atoms with Gasteiger partial charge in [0.25, 0.3) is 0 Å². The Kier molecular flexibility index (Phi) is 6.31. The van der Waals surface area contributed by atoms with Gasteiger partial charge in [-0.2, -0.15) is 0 Å². The molecule has 3 N–H and O–H groups in total. The van der Waals surface area contributed by atoms with Gasteiger partial charge in [0.1, 0.15) is 0 Å². The van der Waals surface area contributed by atoms with Gasteiger partial charge < -0.3 is 0 Å². The molecular formula is C13H21IN2. The fraction of sp³-hybridized carbons (Fsp3) is 0.538. The van der Waals surface area contributed by atoms with Gasteiger partial charge in [0.05, 0.1) is 0 Å². The van der Waals surface area contributed by atoms with Crippen molar-refractivity contribution in [1.29, 1.82) is 0 Å². The summed E-state index contributed by atoms with van der Waals surface area (Å²) in [6.07, 6.45) is 3.37. The lowest BCUT2D eigenvalue weighted by atomic mass is 9.90. The third-order valence-corrected chi connectivity index (χ3v) is 3.92. The van der Waals surface area contributed by atoms with Crippen LogP contribution in [0.2, 0.25) is 0 Å². The summed E-state index contributed by atoms with van der Waals surface area (Å²) in [5, 5.41) is 0. The molecule has 1 atom stereocenters. The summed E-state index contributed by atoms with van der Waals surface area (Å²) >= 11 is 2.33. The highest BCUT2D eigenvalue weighted by molar-refractivity contribution is 14.1. The molecule has 0 amide bonds. The second kappa shape index (κ2) is 7.25. The quantitative estimate of drug-likeness (QED) is 0.477. The number of hydrogen-bond donors (Lipinski definition) is 2. The molecule has 1 rings (SSSR count). The van der Waals surface area contributed by atoms with Gasteiger partial charge in [0.15, 0.2) is 0 Å². The van der Waals surface area contributed by atoms with E-state index in [1.54, 1.807) is 0 Å². The van der Waals surface area contributed by atoms with Gasteiger partial charge in [-0.25, -0.2) is 0 Å². The van der Waals surface area contributed by atoms with Crippen LogP contribution in [0, 0.1) is 9.49 Å². The second-order valence-corrected chi connectivity index (χ2v) is 5.43. The molecule has 0 heterocycles. The minimum atomic E-state index is 0.384. The lowest BCUT2D eigenvalue weighted by Crippen LogP contribution is -2.42. The van der Waals surface area contributed by atoms with Crippen molar-refractivity contribution in [2.75, 3.05) is 0 Å². The number of rotatable bonds is 6. The number of benzene rings is 1. The standard InChI is InChI=1S/C13H21IN2/c1-3-11(4-2)13(16-15)9-10-5-7-12(14)8-6-10/h5-8,11,13,16H,3-4,9,15H2,1-2H3. The zero-order valence-corrected chi connectivity index (χ0v) is 12.2. The molecule has 0 radical (unpaired) electrons. The smallest absolute Gasteiger partial charge is 0.0278 e. The van der Waals surface area contributed by atoms with Crippen LogP contribution in [0.25, 0.3) is 0 Å². The van der Waals surface area contributed by atoms with Gasteiger partial charge in [0, 0.05) is 9.61 Å². The number of nitrogens with two attached hydrogens (primary N) is 1. The molecule has 16 heavy (non-hydrogen) atoms. The second-order valence-electron chi connectivity index (χ2n) is 4.18. The first-order valence-corrected chi connectivity index (χ1v) is 6.99. The van der Waals surface area contributed by atoms with Gasteiger partial charge in [-0.1, -0.05) is 38.8 Å². The number of nitrogens with one attached hydrogen (secondary N) is 1. The molecular weight excluding hydrogens is 311 g/mol. The SMILES string of the molecule is CCC(CC)C(Cc1ccc(I)cc1)NN. The van der Waals surface area contributed by atoms with Crippen LogP contribution in [-0.2, 0) is 6.42 Å². The van der Waals surface area contributed by atoms with Crippen molar-refractivity contribution in [2.24, 2.45) is 11.8 Å². The van der Waals surface area contributed by atoms with E-state index >= 15 is 0 Å². The predicted octanol–water partition coefficient (Wildman–Crippen LogP) is 3.10. The molecule has 0 saturated heterocycles. The number of hydrogen-bond acceptors (Lipinski definition) is 2. The van der Waals surface area contributed by atoms with Gasteiger partial charge in [-0.15, -0.1) is 0 Å². The average Bonchev–Trinajstić information content (AvgIpc) is 2.32. The lowest BCUT2D eigenvalue weighted by Gasteiger charge is -2.24. The molecule has 1 aromatic carbocycles. The number of hydrazine groups is 1. The van der Waals surface area contributed by atoms with Gasteiger partial charge >= 0.3 is 0 Å². The molecule has 0 aromatic heterocycles. The zero-order valence-electron chi connectivity index (χ0n) is 10.0. The normalized spacial score (nSPS) is 13.1. The molecule has 0 fully saturated rings. The van der Waals surface area contributed by atoms with Crippen molar-refractivity contribution < 1.29 is 0 Å². The molecule has 90 valence electrons. The van der Waals surface area contributed by atoms with E-state index < -0.39 is 0 Å². The van der Waals surface area contributed by atoms with Crippen LogP contribution in [-0.4, -0.2) is 6.04 Å². The molecule has 0 aliphatic rings. The molecule has 0 aliphatic heterocycles. The summed E-state index contributed by atoms with van der Waals surface area (Å²) < 4.78 is 1.28. The fourth-order valence-electron chi connectivity index (χ4n) is 2.09. The van der Waals surface area contributed by atoms with E-state index in [0.29, 0.717) is 12.0 Å². The molecule has 1 unspecified atom stereocenters. The van der Waals surface area contributed by atoms with E-state index in [4.69, 9.17) is 5.84 Å². The molecule has 0 spiro atoms. The van der Waals surface area contributed by atoms with E-state index in [9.17, 15) is 0 Å². The van der Waals surface area contributed by atoms with Gasteiger partial charge in [0.2, 0.25) is 0 Å². The highest BCUT2D eigenvalue weighted by Crippen LogP contribution is 2.17. The van der Waals surface area contributed by atoms with E-state index in [2.05, 4.69) is 66.1 Å². The van der Waals surface area contributed by atoms with Crippen LogP contribution >= 0.6 is 22.6 Å². The van der Waals surface area contributed by atoms with Crippen molar-refractivity contribution in [3.8, 4) is 0 Å². The van der Waals surface area contributed by atoms with Crippen LogP contribution < -0.4 is 11.3 Å². The Morgan fingerprint density at radius 3 is 2.19 bits per heavy atom. The van der Waals surface area contributed by atoms with Crippen molar-refractivity contribution >= 4 is 22.6 Å². The highest BCUT2D eigenvalue weighted by atomic mass is 127. The Morgan fingerprint density at radius 2 is 1.75 bits per heavy atom. The Bertz CT molecular complexity index is 293. The summed E-state index contributed by atoms with van der Waals surface area (Å²) in [5.74, 6) is 6.31. The van der Waals surface area contributed by atoms with E-state index in [0.717, 1.165) is 6.42 Å². The zero-order chi connectivity index (χ0) is 12.0. The van der Waals surface area contributed by atoms with Gasteiger partial charge in [-0.3, -0.25) is 11.3 Å². The minimum Gasteiger partial charge on any atom is -0.271 e. The Morgan fingerprint density at radius 1 is 1.19 bits per heavy atom. The van der Waals surface area contributed by atoms with Gasteiger partial charge in [-0.05, 0) is 52.6 Å². The lowest BCUT2D eigenvalue weighted by molar-refractivity contribution is 0.335. The summed E-state index contributed by atoms with van der Waals surface area (Å²) in [6, 6.07) is 9.06. The minimum absolute atomic E-state index is 0.384. The topological polar surface area (TPSA) is 38.0 Å². The summed E-state index contributed by atoms with van der Waals surface area (Å²) in [5.41, 5.74) is 4.32. The van der Waals surface area contributed by atoms with E-state index in [-0.39, 0.29) is 0 Å². The maximum atomic E-state index is 5.65. The van der Waals surface area contributed by atoms with E-state index in [1.165, 1.54) is 22.0 Å². The summed E-state index contributed by atoms with van der Waals surface area (Å²) in [6.45, 7) is 4.46. The Balaban J connectivity index is 2.65. The third kappa shape index (κ3) is 4.03. The predicted molar refractivity (Wildman–Crippen MR) is 78.0 cm³/mol. The Hall–Kier alpha value is -0.130. The van der Waals surface area contributed by atoms with Crippen molar-refractivity contribution in [3.05, 3.63) is 33.4 Å². The maximum Gasteiger partial charge on any atom is 0.0278 e. The summed E-state index contributed by atoms with van der Waals surface area (Å²) in [4.78, 5) is 0. The molecule has 0 saturated carbocycles. The average molecular weight is 332 g/mol. The van der Waals surface area contributed by atoms with Crippen molar-refractivity contribution in [3.63, 3.8) is 0 Å². The first kappa shape index (κ1) is 13.9. The van der Waals surface area contributed by atoms with Crippen molar-refractivity contribution in [1.82, 2.24) is 5.43 Å². The fourth-order valence-corrected chi connectivity index (χ4v) is 2.45. The van der Waals surface area contributed by atoms with Crippen LogP contribution in [0.4, 0.5) is 0 Å². The molecule has 3 heteroatoms. The van der Waals surface area contributed by atoms with Crippen LogP contribution in [0.1, 0.15) is 32.3 Å². The van der Waals surface area contributed by atoms with Crippen LogP contribution in [0.5, 0.6) is 0 Å². The highest BCUT2D eigenvalue weighted by Gasteiger charge is 2.17. The Labute approximate surface area is 112 Å². The van der Waals surface area contributed by atoms with E-state index in [1.807, 2.05) is 0 Å². The number of halogens is 1. The molecule has 1 aromatic rings. The molecule has 2 nitrogen and oxygen atoms in total. The summed E-state index contributed by atoms with van der Waals surface area (Å²) in [7, 11) is 0. The third-order valence-electron chi connectivity index (χ3n) is 3.20. The van der Waals surface area contributed by atoms with Crippen LogP contribution in [0.15, 0.2) is 24.3 Å². The maximum absolute atomic E-state index is 5.65. The molecule has 0 aliphatic carbocycles.